The van der Waals surface area contributed by atoms with E-state index in [4.69, 9.17) is 45.4 Å². The molecule has 0 unspecified atom stereocenters. The summed E-state index contributed by atoms with van der Waals surface area (Å²) in [6.45, 7) is 19.1. The maximum Gasteiger partial charge on any atom is 0.311 e. The Morgan fingerprint density at radius 3 is 2.29 bits per heavy atom. The number of hydrogen-bond acceptors (Lipinski definition) is 16. The fourth-order valence-electron chi connectivity index (χ4n) is 9.37. The maximum absolute atomic E-state index is 14.5. The molecule has 0 aliphatic carbocycles. The van der Waals surface area contributed by atoms with Crippen molar-refractivity contribution >= 4 is 29.0 Å². The number of nitrogens with zero attached hydrogens (tertiary/aromatic N) is 2. The van der Waals surface area contributed by atoms with Gasteiger partial charge in [0.15, 0.2) is 17.7 Å². The molecule has 2 fully saturated rings. The highest BCUT2D eigenvalue weighted by Crippen LogP contribution is 2.38. The van der Waals surface area contributed by atoms with Crippen LogP contribution in [0.4, 0.5) is 5.69 Å². The molecule has 7 N–H and O–H groups in total. The van der Waals surface area contributed by atoms with Crippen molar-refractivity contribution in [2.24, 2.45) is 17.8 Å². The van der Waals surface area contributed by atoms with Crippen LogP contribution in [0.1, 0.15) is 101 Å². The molecule has 382 valence electrons. The molecule has 0 radical (unpaired) electrons. The van der Waals surface area contributed by atoms with Gasteiger partial charge in [0.25, 0.3) is 0 Å². The predicted octanol–water partition coefficient (Wildman–Crippen LogP) is 3.90. The van der Waals surface area contributed by atoms with E-state index in [1.165, 1.54) is 6.92 Å². The van der Waals surface area contributed by atoms with Crippen molar-refractivity contribution in [2.45, 2.75) is 186 Å². The second kappa shape index (κ2) is 26.6. The van der Waals surface area contributed by atoms with Crippen LogP contribution in [-0.2, 0) is 33.2 Å². The summed E-state index contributed by atoms with van der Waals surface area (Å²) < 4.78 is 42.9. The molecule has 18 heteroatoms. The molecular weight excluding hydrogens is 873 g/mol. The Kier molecular flexibility index (Phi) is 23.4. The van der Waals surface area contributed by atoms with E-state index in [9.17, 15) is 30.3 Å². The van der Waals surface area contributed by atoms with Crippen molar-refractivity contribution in [3.63, 3.8) is 0 Å². The Morgan fingerprint density at radius 2 is 1.71 bits per heavy atom. The number of esters is 1. The van der Waals surface area contributed by atoms with Gasteiger partial charge in [-0.25, -0.2) is 0 Å². The van der Waals surface area contributed by atoms with Gasteiger partial charge in [-0.1, -0.05) is 20.8 Å². The smallest absolute Gasteiger partial charge is 0.311 e. The summed E-state index contributed by atoms with van der Waals surface area (Å²) in [5.74, 6) is -2.08. The SMILES string of the molecule is CC[C@H]1OC(=O)[C@H](C)[C@@H](O[C@@H](CCOC)O[C@@H](C)[C@@H](C)O)[C@H](C)[C@@H](O[C@@H]2O[C@H](C)C[C@H](N(C)C)[C@H]2O)[C@](C)(O)C[C@@H](C)CN(CCCNC(=S)Nc2ccc(OC)cc2)[C@H](C)[C@@H](O)[C@]1(C)O. The number of aliphatic hydroxyl groups excluding tert-OH is 3. The summed E-state index contributed by atoms with van der Waals surface area (Å²) >= 11 is 5.57. The van der Waals surface area contributed by atoms with Crippen molar-refractivity contribution in [3.05, 3.63) is 24.3 Å². The summed E-state index contributed by atoms with van der Waals surface area (Å²) in [6.07, 6.45) is -7.96. The van der Waals surface area contributed by atoms with Crippen LogP contribution in [0.3, 0.4) is 0 Å². The van der Waals surface area contributed by atoms with Crippen LogP contribution in [0, 0.1) is 17.8 Å². The number of methoxy groups -OCH3 is 2. The number of ether oxygens (including phenoxy) is 7. The quantitative estimate of drug-likeness (QED) is 0.0481. The van der Waals surface area contributed by atoms with Crippen LogP contribution in [0.15, 0.2) is 24.3 Å². The molecule has 0 bridgehead atoms. The monoisotopic (exact) mass is 959 g/mol. The van der Waals surface area contributed by atoms with Crippen LogP contribution >= 0.6 is 12.2 Å². The lowest BCUT2D eigenvalue weighted by Gasteiger charge is -2.47. The van der Waals surface area contributed by atoms with E-state index in [2.05, 4.69) is 15.5 Å². The molecule has 66 heavy (non-hydrogen) atoms. The van der Waals surface area contributed by atoms with Gasteiger partial charge in [0.1, 0.15) is 29.7 Å². The third-order valence-corrected chi connectivity index (χ3v) is 13.7. The number of thiocarbonyl (C=S) groups is 1. The van der Waals surface area contributed by atoms with Gasteiger partial charge in [0.2, 0.25) is 0 Å². The minimum Gasteiger partial charge on any atom is -0.497 e. The summed E-state index contributed by atoms with van der Waals surface area (Å²) in [6, 6.07) is 6.46. The van der Waals surface area contributed by atoms with Crippen molar-refractivity contribution < 1.29 is 63.5 Å². The lowest BCUT2D eigenvalue weighted by atomic mass is 9.77. The number of benzene rings is 1. The molecule has 1 aromatic rings. The second-order valence-electron chi connectivity index (χ2n) is 19.5. The van der Waals surface area contributed by atoms with Gasteiger partial charge in [-0.2, -0.15) is 0 Å². The molecule has 2 saturated heterocycles. The van der Waals surface area contributed by atoms with E-state index in [-0.39, 0.29) is 43.9 Å². The highest BCUT2D eigenvalue weighted by atomic mass is 32.1. The number of rotatable bonds is 18. The number of nitrogens with one attached hydrogen (secondary N) is 2. The van der Waals surface area contributed by atoms with Gasteiger partial charge in [-0.05, 0) is 131 Å². The predicted molar refractivity (Wildman–Crippen MR) is 257 cm³/mol. The normalized spacial score (nSPS) is 35.8. The number of carbonyl (C=O) groups is 1. The van der Waals surface area contributed by atoms with Crippen LogP contribution in [0.25, 0.3) is 0 Å². The average molecular weight is 959 g/mol. The zero-order valence-electron chi connectivity index (χ0n) is 42.1. The minimum atomic E-state index is -1.89. The molecule has 0 saturated carbocycles. The number of likely N-dealkylation sites (N-methyl/N-ethyl adjacent to an activating group) is 1. The number of hydrogen-bond donors (Lipinski definition) is 7. The first-order valence-electron chi connectivity index (χ1n) is 23.8. The molecule has 3 rings (SSSR count). The van der Waals surface area contributed by atoms with Gasteiger partial charge in [-0.3, -0.25) is 9.69 Å². The van der Waals surface area contributed by atoms with Crippen LogP contribution in [-0.4, -0.2) is 186 Å². The third kappa shape index (κ3) is 16.4. The van der Waals surface area contributed by atoms with Crippen LogP contribution < -0.4 is 15.4 Å². The molecular formula is C48H86N4O13S. The highest BCUT2D eigenvalue weighted by molar-refractivity contribution is 7.80. The fraction of sp³-hybridized carbons (Fsp3) is 0.833. The van der Waals surface area contributed by atoms with Crippen LogP contribution in [0.5, 0.6) is 5.75 Å². The molecule has 0 amide bonds. The molecule has 1 aromatic carbocycles. The standard InChI is InChI=1S/C48H86N4O13S/c1-15-38-48(10,58)42(55)32(6)52(23-16-22-49-46(66)50-35-17-19-36(60-14)20-18-35)27-28(2)26-47(9,57)43(65-45-40(54)37(51(11)12)25-29(3)61-45)30(4)41(31(5)44(56)63-38)64-39(21-24-59-13)62-34(8)33(7)53/h17-20,28-34,37-43,45,53-55,57-58H,15-16,21-27H2,1-14H3,(H2,49,50,66)/t28-,29-,30+,31-,32-,33-,34+,37+,38-,39+,40-,41+,42-,43-,45+,47-,48-/m1/s1. The molecule has 0 aromatic heterocycles. The zero-order valence-corrected chi connectivity index (χ0v) is 43.0. The summed E-state index contributed by atoms with van der Waals surface area (Å²) in [5.41, 5.74) is -2.73. The Bertz CT molecular complexity index is 1590. The van der Waals surface area contributed by atoms with Crippen molar-refractivity contribution in [1.82, 2.24) is 15.1 Å². The van der Waals surface area contributed by atoms with Crippen molar-refractivity contribution in [1.29, 1.82) is 0 Å². The molecule has 2 aliphatic heterocycles. The fourth-order valence-corrected chi connectivity index (χ4v) is 9.59. The largest absolute Gasteiger partial charge is 0.497 e. The Labute approximate surface area is 400 Å². The lowest BCUT2D eigenvalue weighted by Crippen LogP contribution is -2.59. The first-order chi connectivity index (χ1) is 30.9. The molecule has 17 atom stereocenters. The topological polar surface area (TPSA) is 213 Å². The number of carbonyl (C=O) groups excluding carboxylic acids is 1. The molecule has 17 nitrogen and oxygen atoms in total. The van der Waals surface area contributed by atoms with E-state index >= 15 is 0 Å². The maximum atomic E-state index is 14.5. The summed E-state index contributed by atoms with van der Waals surface area (Å²) in [4.78, 5) is 18.5. The second-order valence-corrected chi connectivity index (χ2v) is 19.9. The Balaban J connectivity index is 2.09. The van der Waals surface area contributed by atoms with Gasteiger partial charge < -0.3 is 74.2 Å². The lowest BCUT2D eigenvalue weighted by molar-refractivity contribution is -0.306. The van der Waals surface area contributed by atoms with Gasteiger partial charge in [0.05, 0.1) is 55.8 Å². The molecule has 2 aliphatic rings. The van der Waals surface area contributed by atoms with E-state index in [0.29, 0.717) is 37.6 Å². The molecule has 0 spiro atoms. The zero-order chi connectivity index (χ0) is 49.7. The first kappa shape index (κ1) is 58.0. The van der Waals surface area contributed by atoms with Gasteiger partial charge in [-0.15, -0.1) is 0 Å². The van der Waals surface area contributed by atoms with Crippen molar-refractivity contribution in [3.8, 4) is 5.75 Å². The third-order valence-electron chi connectivity index (χ3n) is 13.4. The highest BCUT2D eigenvalue weighted by Gasteiger charge is 2.51. The van der Waals surface area contributed by atoms with E-state index < -0.39 is 90.4 Å². The number of cyclic esters (lactones) is 1. The summed E-state index contributed by atoms with van der Waals surface area (Å²) in [5, 5.41) is 66.1. The minimum absolute atomic E-state index is 0.174. The van der Waals surface area contributed by atoms with E-state index in [1.807, 2.05) is 71.0 Å². The van der Waals surface area contributed by atoms with Crippen LogP contribution in [0.2, 0.25) is 0 Å². The van der Waals surface area contributed by atoms with Gasteiger partial charge >= 0.3 is 5.97 Å². The summed E-state index contributed by atoms with van der Waals surface area (Å²) in [7, 11) is 6.92. The van der Waals surface area contributed by atoms with E-state index in [1.54, 1.807) is 48.8 Å². The van der Waals surface area contributed by atoms with E-state index in [0.717, 1.165) is 11.4 Å². The first-order valence-corrected chi connectivity index (χ1v) is 24.2. The molecule has 2 heterocycles. The number of aliphatic hydroxyl groups is 5. The number of anilines is 1. The Morgan fingerprint density at radius 1 is 1.06 bits per heavy atom. The average Bonchev–Trinajstić information content (AvgIpc) is 3.25. The Hall–Kier alpha value is -2.30. The van der Waals surface area contributed by atoms with Gasteiger partial charge in [0, 0.05) is 56.9 Å². The van der Waals surface area contributed by atoms with Crippen molar-refractivity contribution in [2.75, 3.05) is 59.9 Å².